The van der Waals surface area contributed by atoms with Crippen molar-refractivity contribution < 1.29 is 0 Å². The first-order valence-corrected chi connectivity index (χ1v) is 27.6. The molecule has 0 saturated carbocycles. The molecule has 0 spiro atoms. The minimum Gasteiger partial charge on any atom is -0.309 e. The van der Waals surface area contributed by atoms with E-state index in [-0.39, 0.29) is 0 Å². The fourth-order valence-electron chi connectivity index (χ4n) is 12.7. The zero-order chi connectivity index (χ0) is 49.8. The van der Waals surface area contributed by atoms with E-state index < -0.39 is 0 Å². The third-order valence-electron chi connectivity index (χ3n) is 15.8. The van der Waals surface area contributed by atoms with Crippen LogP contribution in [0.25, 0.3) is 151 Å². The van der Waals surface area contributed by atoms with Gasteiger partial charge in [0.1, 0.15) is 0 Å². The zero-order valence-electron chi connectivity index (χ0n) is 41.1. The highest BCUT2D eigenvalue weighted by Gasteiger charge is 2.24. The molecule has 0 aliphatic heterocycles. The van der Waals surface area contributed by atoms with Gasteiger partial charge in [-0.15, -0.1) is 22.7 Å². The SMILES string of the molecule is c1cc(-c2c3ccccc3c(-c3ccc(-c4ccc(-c5c6ccccc6c(-c6ccccc6-n6c7ccccc7c7ccccc76)c6ccccc56)s4)s3)c3ccccc23)cc(-n2c3ccccc3c3ccccc32)c1. The van der Waals surface area contributed by atoms with Gasteiger partial charge in [-0.2, -0.15) is 0 Å². The molecular formula is C72H44N2S2. The predicted octanol–water partition coefficient (Wildman–Crippen LogP) is 21.0. The summed E-state index contributed by atoms with van der Waals surface area (Å²) in [7, 11) is 0. The van der Waals surface area contributed by atoms with E-state index in [1.807, 2.05) is 22.7 Å². The van der Waals surface area contributed by atoms with Gasteiger partial charge >= 0.3 is 0 Å². The molecule has 354 valence electrons. The highest BCUT2D eigenvalue weighted by atomic mass is 32.1. The van der Waals surface area contributed by atoms with Crippen LogP contribution >= 0.6 is 22.7 Å². The molecule has 4 aromatic heterocycles. The number of para-hydroxylation sites is 5. The molecule has 16 aromatic rings. The first-order chi connectivity index (χ1) is 37.7. The van der Waals surface area contributed by atoms with Crippen LogP contribution in [0.1, 0.15) is 0 Å². The molecule has 0 bridgehead atoms. The molecule has 16 rings (SSSR count). The molecule has 0 aliphatic rings. The Bertz CT molecular complexity index is 4800. The van der Waals surface area contributed by atoms with Crippen LogP contribution in [-0.2, 0) is 0 Å². The summed E-state index contributed by atoms with van der Waals surface area (Å²) in [6.45, 7) is 0. The molecule has 0 N–H and O–H groups in total. The third-order valence-corrected chi connectivity index (χ3v) is 18.2. The Morgan fingerprint density at radius 3 is 0.987 bits per heavy atom. The maximum absolute atomic E-state index is 2.46. The number of thiophene rings is 2. The first-order valence-electron chi connectivity index (χ1n) is 26.0. The van der Waals surface area contributed by atoms with Crippen molar-refractivity contribution in [1.82, 2.24) is 9.13 Å². The van der Waals surface area contributed by atoms with Crippen LogP contribution in [0.15, 0.2) is 267 Å². The van der Waals surface area contributed by atoms with Gasteiger partial charge in [0.15, 0.2) is 0 Å². The lowest BCUT2D eigenvalue weighted by atomic mass is 9.87. The molecule has 0 radical (unpaired) electrons. The summed E-state index contributed by atoms with van der Waals surface area (Å²) in [6, 6.07) is 98.8. The molecule has 2 nitrogen and oxygen atoms in total. The summed E-state index contributed by atoms with van der Waals surface area (Å²) in [5, 5.41) is 15.1. The summed E-state index contributed by atoms with van der Waals surface area (Å²) >= 11 is 3.79. The van der Waals surface area contributed by atoms with Crippen molar-refractivity contribution in [2.45, 2.75) is 0 Å². The lowest BCUT2D eigenvalue weighted by molar-refractivity contribution is 1.18. The number of nitrogens with zero attached hydrogens (tertiary/aromatic N) is 2. The minimum atomic E-state index is 1.16. The van der Waals surface area contributed by atoms with E-state index in [0.717, 1.165) is 5.69 Å². The van der Waals surface area contributed by atoms with Crippen molar-refractivity contribution in [3.63, 3.8) is 0 Å². The summed E-state index contributed by atoms with van der Waals surface area (Å²) < 4.78 is 4.88. The Morgan fingerprint density at radius 1 is 0.224 bits per heavy atom. The fraction of sp³-hybridized carbons (Fsp3) is 0. The Kier molecular flexibility index (Phi) is 9.71. The van der Waals surface area contributed by atoms with Crippen molar-refractivity contribution in [2.24, 2.45) is 0 Å². The van der Waals surface area contributed by atoms with Gasteiger partial charge in [-0.1, -0.05) is 200 Å². The van der Waals surface area contributed by atoms with Crippen LogP contribution in [0.3, 0.4) is 0 Å². The number of hydrogen-bond acceptors (Lipinski definition) is 2. The summed E-state index contributed by atoms with van der Waals surface area (Å²) in [6.07, 6.45) is 0. The maximum atomic E-state index is 2.46. The van der Waals surface area contributed by atoms with Crippen LogP contribution in [0.5, 0.6) is 0 Å². The van der Waals surface area contributed by atoms with Crippen molar-refractivity contribution >= 4 is 109 Å². The minimum absolute atomic E-state index is 1.16. The second-order valence-corrected chi connectivity index (χ2v) is 22.0. The Balaban J connectivity index is 0.822. The van der Waals surface area contributed by atoms with Gasteiger partial charge in [-0.3, -0.25) is 0 Å². The molecular weight excluding hydrogens is 957 g/mol. The molecule has 0 aliphatic carbocycles. The van der Waals surface area contributed by atoms with Crippen LogP contribution in [0.4, 0.5) is 0 Å². The lowest BCUT2D eigenvalue weighted by Crippen LogP contribution is -1.98. The van der Waals surface area contributed by atoms with E-state index in [1.54, 1.807) is 0 Å². The molecule has 76 heavy (non-hydrogen) atoms. The van der Waals surface area contributed by atoms with E-state index in [9.17, 15) is 0 Å². The number of aromatic nitrogens is 2. The van der Waals surface area contributed by atoms with Gasteiger partial charge in [0, 0.05) is 63.4 Å². The van der Waals surface area contributed by atoms with Crippen molar-refractivity contribution in [2.75, 3.05) is 0 Å². The van der Waals surface area contributed by atoms with Gasteiger partial charge in [0.2, 0.25) is 0 Å². The van der Waals surface area contributed by atoms with Gasteiger partial charge in [-0.05, 0) is 127 Å². The van der Waals surface area contributed by atoms with Gasteiger partial charge in [0.05, 0.1) is 27.8 Å². The van der Waals surface area contributed by atoms with E-state index in [0.29, 0.717) is 0 Å². The lowest BCUT2D eigenvalue weighted by Gasteiger charge is -2.20. The summed E-state index contributed by atoms with van der Waals surface area (Å²) in [5.74, 6) is 0. The van der Waals surface area contributed by atoms with Crippen molar-refractivity contribution in [3.05, 3.63) is 267 Å². The monoisotopic (exact) mass is 1000 g/mol. The Labute approximate surface area is 446 Å². The fourth-order valence-corrected chi connectivity index (χ4v) is 14.9. The largest absolute Gasteiger partial charge is 0.309 e. The summed E-state index contributed by atoms with van der Waals surface area (Å²) in [4.78, 5) is 5.08. The maximum Gasteiger partial charge on any atom is 0.0541 e. The molecule has 0 amide bonds. The quantitative estimate of drug-likeness (QED) is 0.141. The van der Waals surface area contributed by atoms with Crippen LogP contribution in [0, 0.1) is 0 Å². The number of hydrogen-bond donors (Lipinski definition) is 0. The van der Waals surface area contributed by atoms with Gasteiger partial charge < -0.3 is 9.13 Å². The summed E-state index contributed by atoms with van der Waals surface area (Å²) in [5.41, 5.74) is 14.7. The van der Waals surface area contributed by atoms with E-state index in [1.165, 1.54) is 145 Å². The standard InChI is InChI=1S/C72H44N2S2/c1-5-30-55-51(26-1)69(45-20-19-21-46(44-45)73-60-35-14-9-22-47(60)48-23-10-15-36-61(48)73)52-27-2-6-31-56(52)71(55)67-42-40-65(75-67)66-41-43-68(76-66)72-57-32-7-3-28-53(57)70(54-29-4-8-33-58(54)72)59-34-13-18-39-64(59)74-62-37-16-11-24-49(62)50-25-12-17-38-63(50)74/h1-44H. The van der Waals surface area contributed by atoms with Crippen LogP contribution in [-0.4, -0.2) is 9.13 Å². The number of fused-ring (bicyclic) bond motifs is 10. The van der Waals surface area contributed by atoms with Gasteiger partial charge in [0.25, 0.3) is 0 Å². The van der Waals surface area contributed by atoms with E-state index in [2.05, 4.69) is 276 Å². The first kappa shape index (κ1) is 43.1. The highest BCUT2D eigenvalue weighted by molar-refractivity contribution is 7.25. The zero-order valence-corrected chi connectivity index (χ0v) is 42.7. The van der Waals surface area contributed by atoms with Crippen molar-refractivity contribution in [1.29, 1.82) is 0 Å². The average Bonchev–Trinajstić information content (AvgIpc) is 4.34. The van der Waals surface area contributed by atoms with E-state index in [4.69, 9.17) is 0 Å². The molecule has 0 saturated heterocycles. The van der Waals surface area contributed by atoms with Gasteiger partial charge in [-0.25, -0.2) is 0 Å². The Morgan fingerprint density at radius 2 is 0.553 bits per heavy atom. The third kappa shape index (κ3) is 6.45. The predicted molar refractivity (Wildman–Crippen MR) is 328 cm³/mol. The van der Waals surface area contributed by atoms with Crippen LogP contribution in [0.2, 0.25) is 0 Å². The van der Waals surface area contributed by atoms with E-state index >= 15 is 0 Å². The molecule has 12 aromatic carbocycles. The molecule has 0 atom stereocenters. The second-order valence-electron chi connectivity index (χ2n) is 19.8. The molecule has 4 heterocycles. The smallest absolute Gasteiger partial charge is 0.0541 e. The molecule has 0 fully saturated rings. The average molecular weight is 1000 g/mol. The normalized spacial score (nSPS) is 11.9. The number of benzene rings is 12. The molecule has 4 heteroatoms. The van der Waals surface area contributed by atoms with Crippen molar-refractivity contribution in [3.8, 4) is 64.3 Å². The highest BCUT2D eigenvalue weighted by Crippen LogP contribution is 2.51. The number of rotatable bonds is 7. The topological polar surface area (TPSA) is 9.86 Å². The Hall–Kier alpha value is -9.32. The molecule has 0 unspecified atom stereocenters. The van der Waals surface area contributed by atoms with Crippen LogP contribution < -0.4 is 0 Å². The second kappa shape index (κ2) is 17.1.